The summed E-state index contributed by atoms with van der Waals surface area (Å²) < 4.78 is 27.6. The van der Waals surface area contributed by atoms with Gasteiger partial charge in [0.25, 0.3) is 10.2 Å². The number of piperidine rings is 1. The summed E-state index contributed by atoms with van der Waals surface area (Å²) in [6.45, 7) is 0.321. The highest BCUT2D eigenvalue weighted by atomic mass is 32.2. The van der Waals surface area contributed by atoms with Gasteiger partial charge in [-0.3, -0.25) is 9.59 Å². The van der Waals surface area contributed by atoms with Gasteiger partial charge in [-0.05, 0) is 25.7 Å². The predicted molar refractivity (Wildman–Crippen MR) is 74.6 cm³/mol. The first kappa shape index (κ1) is 16.2. The van der Waals surface area contributed by atoms with Crippen LogP contribution in [0.15, 0.2) is 0 Å². The van der Waals surface area contributed by atoms with E-state index in [0.29, 0.717) is 19.4 Å². The fourth-order valence-corrected chi connectivity index (χ4v) is 3.56. The Kier molecular flexibility index (Phi) is 5.17. The molecule has 0 radical (unpaired) electrons. The summed E-state index contributed by atoms with van der Waals surface area (Å²) in [6.07, 6.45) is 3.08. The number of rotatable bonds is 7. The molecule has 0 spiro atoms. The Morgan fingerprint density at radius 1 is 1.24 bits per heavy atom. The van der Waals surface area contributed by atoms with E-state index in [1.807, 2.05) is 0 Å². The highest BCUT2D eigenvalue weighted by Crippen LogP contribution is 2.19. The van der Waals surface area contributed by atoms with Crippen LogP contribution in [0.4, 0.5) is 0 Å². The summed E-state index contributed by atoms with van der Waals surface area (Å²) in [7, 11) is -3.72. The Balaban J connectivity index is 1.77. The van der Waals surface area contributed by atoms with Crippen molar-refractivity contribution in [2.24, 2.45) is 5.92 Å². The number of hydrogen-bond donors (Lipinski definition) is 3. The van der Waals surface area contributed by atoms with Gasteiger partial charge in [-0.25, -0.2) is 4.72 Å². The molecule has 2 rings (SSSR count). The van der Waals surface area contributed by atoms with E-state index >= 15 is 0 Å². The summed E-state index contributed by atoms with van der Waals surface area (Å²) in [5.41, 5.74) is 0. The molecular formula is C12H21N3O5S. The zero-order valence-corrected chi connectivity index (χ0v) is 12.6. The van der Waals surface area contributed by atoms with E-state index in [1.54, 1.807) is 0 Å². The molecule has 0 aromatic rings. The zero-order valence-electron chi connectivity index (χ0n) is 11.7. The molecule has 1 saturated heterocycles. The van der Waals surface area contributed by atoms with Crippen LogP contribution in [0.3, 0.4) is 0 Å². The van der Waals surface area contributed by atoms with Crippen molar-refractivity contribution in [2.45, 2.75) is 38.1 Å². The molecule has 21 heavy (non-hydrogen) atoms. The Labute approximate surface area is 124 Å². The van der Waals surface area contributed by atoms with Gasteiger partial charge in [0.15, 0.2) is 0 Å². The van der Waals surface area contributed by atoms with Crippen LogP contribution in [-0.2, 0) is 19.8 Å². The predicted octanol–water partition coefficient (Wildman–Crippen LogP) is -0.714. The van der Waals surface area contributed by atoms with Crippen molar-refractivity contribution in [3.05, 3.63) is 0 Å². The molecule has 2 fully saturated rings. The topological polar surface area (TPSA) is 116 Å². The van der Waals surface area contributed by atoms with Gasteiger partial charge in [0.05, 0.1) is 5.92 Å². The van der Waals surface area contributed by atoms with Crippen LogP contribution in [0, 0.1) is 5.92 Å². The normalized spacial score (nSPS) is 23.7. The van der Waals surface area contributed by atoms with E-state index < -0.39 is 22.1 Å². The summed E-state index contributed by atoms with van der Waals surface area (Å²) in [4.78, 5) is 22.4. The van der Waals surface area contributed by atoms with Crippen LogP contribution < -0.4 is 10.0 Å². The van der Waals surface area contributed by atoms with Crippen molar-refractivity contribution >= 4 is 22.1 Å². The van der Waals surface area contributed by atoms with E-state index in [2.05, 4.69) is 10.0 Å². The van der Waals surface area contributed by atoms with Gasteiger partial charge in [-0.2, -0.15) is 12.7 Å². The number of carboxylic acid groups (broad SMARTS) is 1. The van der Waals surface area contributed by atoms with Crippen LogP contribution in [0.5, 0.6) is 0 Å². The lowest BCUT2D eigenvalue weighted by atomic mass is 10.0. The maximum Gasteiger partial charge on any atom is 0.307 e. The summed E-state index contributed by atoms with van der Waals surface area (Å²) in [6, 6.07) is 0.257. The third-order valence-corrected chi connectivity index (χ3v) is 5.23. The van der Waals surface area contributed by atoms with Crippen LogP contribution in [0.1, 0.15) is 32.1 Å². The third-order valence-electron chi connectivity index (χ3n) is 3.65. The number of aliphatic carboxylic acids is 1. The van der Waals surface area contributed by atoms with Gasteiger partial charge in [-0.15, -0.1) is 0 Å². The van der Waals surface area contributed by atoms with Crippen molar-refractivity contribution in [1.29, 1.82) is 0 Å². The average molecular weight is 319 g/mol. The first-order valence-corrected chi connectivity index (χ1v) is 8.59. The second-order valence-corrected chi connectivity index (χ2v) is 7.28. The molecular weight excluding hydrogens is 298 g/mol. The lowest BCUT2D eigenvalue weighted by Gasteiger charge is -2.29. The molecule has 0 aromatic heterocycles. The van der Waals surface area contributed by atoms with E-state index in [4.69, 9.17) is 5.11 Å². The summed E-state index contributed by atoms with van der Waals surface area (Å²) in [5.74, 6) is -1.80. The molecule has 1 saturated carbocycles. The fourth-order valence-electron chi connectivity index (χ4n) is 2.27. The molecule has 120 valence electrons. The standard InChI is InChI=1S/C12H21N3O5S/c16-11(14-10-3-4-10)5-6-13-21(19,20)15-7-1-2-9(8-15)12(17)18/h9-10,13H,1-8H2,(H,14,16)(H,17,18). The average Bonchev–Trinajstić information content (AvgIpc) is 3.22. The van der Waals surface area contributed by atoms with E-state index in [9.17, 15) is 18.0 Å². The van der Waals surface area contributed by atoms with E-state index in [-0.39, 0.29) is 31.5 Å². The largest absolute Gasteiger partial charge is 0.481 e. The highest BCUT2D eigenvalue weighted by molar-refractivity contribution is 7.87. The Morgan fingerprint density at radius 2 is 1.95 bits per heavy atom. The minimum atomic E-state index is -3.72. The Bertz CT molecular complexity index is 503. The third kappa shape index (κ3) is 4.94. The number of nitrogens with one attached hydrogen (secondary N) is 2. The van der Waals surface area contributed by atoms with Gasteiger partial charge >= 0.3 is 5.97 Å². The van der Waals surface area contributed by atoms with Gasteiger partial charge in [0, 0.05) is 32.1 Å². The van der Waals surface area contributed by atoms with E-state index in [0.717, 1.165) is 17.1 Å². The molecule has 1 amide bonds. The molecule has 2 aliphatic rings. The molecule has 1 heterocycles. The Morgan fingerprint density at radius 3 is 2.57 bits per heavy atom. The molecule has 9 heteroatoms. The van der Waals surface area contributed by atoms with Crippen molar-refractivity contribution in [3.8, 4) is 0 Å². The maximum absolute atomic E-state index is 12.1. The van der Waals surface area contributed by atoms with Crippen LogP contribution in [0.2, 0.25) is 0 Å². The maximum atomic E-state index is 12.1. The van der Waals surface area contributed by atoms with E-state index in [1.165, 1.54) is 0 Å². The second kappa shape index (κ2) is 6.71. The van der Waals surface area contributed by atoms with Crippen LogP contribution in [-0.4, -0.2) is 55.4 Å². The zero-order chi connectivity index (χ0) is 15.5. The number of carbonyl (C=O) groups excluding carboxylic acids is 1. The SMILES string of the molecule is O=C(CCNS(=O)(=O)N1CCCC(C(=O)O)C1)NC1CC1. The molecule has 1 aliphatic heterocycles. The number of amides is 1. The van der Waals surface area contributed by atoms with Crippen LogP contribution in [0.25, 0.3) is 0 Å². The molecule has 1 aliphatic carbocycles. The number of carboxylic acids is 1. The summed E-state index contributed by atoms with van der Waals surface area (Å²) in [5, 5.41) is 11.7. The van der Waals surface area contributed by atoms with Gasteiger partial charge in [0.2, 0.25) is 5.91 Å². The number of carbonyl (C=O) groups is 2. The number of hydrogen-bond acceptors (Lipinski definition) is 4. The first-order valence-electron chi connectivity index (χ1n) is 7.15. The molecule has 3 N–H and O–H groups in total. The monoisotopic (exact) mass is 319 g/mol. The van der Waals surface area contributed by atoms with Gasteiger partial charge < -0.3 is 10.4 Å². The van der Waals surface area contributed by atoms with Crippen molar-refractivity contribution in [2.75, 3.05) is 19.6 Å². The lowest BCUT2D eigenvalue weighted by Crippen LogP contribution is -2.48. The van der Waals surface area contributed by atoms with Gasteiger partial charge in [-0.1, -0.05) is 0 Å². The molecule has 0 aromatic carbocycles. The number of nitrogens with zero attached hydrogens (tertiary/aromatic N) is 1. The molecule has 8 nitrogen and oxygen atoms in total. The van der Waals surface area contributed by atoms with Crippen molar-refractivity contribution in [3.63, 3.8) is 0 Å². The molecule has 1 atom stereocenters. The minimum Gasteiger partial charge on any atom is -0.481 e. The highest BCUT2D eigenvalue weighted by Gasteiger charge is 2.32. The van der Waals surface area contributed by atoms with Gasteiger partial charge in [0.1, 0.15) is 0 Å². The fraction of sp³-hybridized carbons (Fsp3) is 0.833. The minimum absolute atomic E-state index is 0.0149. The van der Waals surface area contributed by atoms with Crippen molar-refractivity contribution < 1.29 is 23.1 Å². The molecule has 1 unspecified atom stereocenters. The molecule has 0 bridgehead atoms. The quantitative estimate of drug-likeness (QED) is 0.573. The summed E-state index contributed by atoms with van der Waals surface area (Å²) >= 11 is 0. The van der Waals surface area contributed by atoms with Crippen LogP contribution >= 0.6 is 0 Å². The smallest absolute Gasteiger partial charge is 0.307 e. The second-order valence-electron chi connectivity index (χ2n) is 5.53. The van der Waals surface area contributed by atoms with Crippen molar-refractivity contribution in [1.82, 2.24) is 14.3 Å². The lowest BCUT2D eigenvalue weighted by molar-refractivity contribution is -0.142. The first-order chi connectivity index (χ1) is 9.88. The Hall–Kier alpha value is -1.19.